The molecular formula is C16H13F2N3O. The van der Waals surface area contributed by atoms with Crippen molar-refractivity contribution in [3.8, 4) is 6.07 Å². The first-order chi connectivity index (χ1) is 10.5. The summed E-state index contributed by atoms with van der Waals surface area (Å²) in [5.74, 6) is -0.962. The number of nitrogens with one attached hydrogen (secondary N) is 1. The van der Waals surface area contributed by atoms with Gasteiger partial charge < -0.3 is 10.2 Å². The third-order valence-corrected chi connectivity index (χ3v) is 3.06. The highest BCUT2D eigenvalue weighted by Crippen LogP contribution is 2.17. The molecule has 6 heteroatoms. The molecular weight excluding hydrogens is 288 g/mol. The van der Waals surface area contributed by atoms with E-state index in [1.54, 1.807) is 24.3 Å². The van der Waals surface area contributed by atoms with Gasteiger partial charge in [0.1, 0.15) is 17.7 Å². The Morgan fingerprint density at radius 1 is 1.27 bits per heavy atom. The molecule has 22 heavy (non-hydrogen) atoms. The van der Waals surface area contributed by atoms with Gasteiger partial charge in [0.2, 0.25) is 0 Å². The van der Waals surface area contributed by atoms with E-state index < -0.39 is 17.7 Å². The summed E-state index contributed by atoms with van der Waals surface area (Å²) in [5, 5.41) is 11.4. The molecule has 112 valence electrons. The first-order valence-electron chi connectivity index (χ1n) is 6.46. The lowest BCUT2D eigenvalue weighted by Crippen LogP contribution is -2.31. The zero-order chi connectivity index (χ0) is 16.1. The summed E-state index contributed by atoms with van der Waals surface area (Å²) in [6, 6.07) is 10.9. The zero-order valence-corrected chi connectivity index (χ0v) is 11.8. The number of amides is 2. The van der Waals surface area contributed by atoms with Gasteiger partial charge in [0.25, 0.3) is 0 Å². The summed E-state index contributed by atoms with van der Waals surface area (Å²) in [6.07, 6.45) is 0. The monoisotopic (exact) mass is 301 g/mol. The molecule has 0 heterocycles. The highest BCUT2D eigenvalue weighted by molar-refractivity contribution is 5.90. The molecule has 1 N–H and O–H groups in total. The van der Waals surface area contributed by atoms with Crippen LogP contribution in [0.4, 0.5) is 19.3 Å². The molecule has 4 nitrogen and oxygen atoms in total. The lowest BCUT2D eigenvalue weighted by Gasteiger charge is -2.18. The van der Waals surface area contributed by atoms with Crippen molar-refractivity contribution in [2.45, 2.75) is 6.54 Å². The molecule has 0 aliphatic carbocycles. The minimum atomic E-state index is -0.561. The van der Waals surface area contributed by atoms with Crippen LogP contribution in [0.1, 0.15) is 11.1 Å². The second-order valence-corrected chi connectivity index (χ2v) is 4.68. The Labute approximate surface area is 126 Å². The summed E-state index contributed by atoms with van der Waals surface area (Å²) in [7, 11) is 1.50. The molecule has 2 amide bonds. The normalized spacial score (nSPS) is 9.91. The second-order valence-electron chi connectivity index (χ2n) is 4.68. The summed E-state index contributed by atoms with van der Waals surface area (Å²) >= 11 is 0. The van der Waals surface area contributed by atoms with Crippen LogP contribution in [0.2, 0.25) is 0 Å². The van der Waals surface area contributed by atoms with Gasteiger partial charge in [-0.25, -0.2) is 13.6 Å². The Kier molecular flexibility index (Phi) is 4.69. The van der Waals surface area contributed by atoms with E-state index in [1.165, 1.54) is 24.1 Å². The van der Waals surface area contributed by atoms with E-state index in [1.807, 2.05) is 0 Å². The van der Waals surface area contributed by atoms with Crippen LogP contribution in [-0.2, 0) is 6.54 Å². The van der Waals surface area contributed by atoms with E-state index in [0.717, 1.165) is 12.1 Å². The SMILES string of the molecule is CN(Cc1ccccc1F)C(=O)Nc1ccc(F)cc1C#N. The van der Waals surface area contributed by atoms with Crippen molar-refractivity contribution >= 4 is 11.7 Å². The Balaban J connectivity index is 2.09. The third kappa shape index (κ3) is 3.58. The van der Waals surface area contributed by atoms with E-state index in [-0.39, 0.29) is 17.8 Å². The van der Waals surface area contributed by atoms with Crippen LogP contribution in [0, 0.1) is 23.0 Å². The van der Waals surface area contributed by atoms with Crippen molar-refractivity contribution in [3.63, 3.8) is 0 Å². The number of benzene rings is 2. The summed E-state index contributed by atoms with van der Waals surface area (Å²) < 4.78 is 26.6. The molecule has 0 aliphatic rings. The molecule has 0 bridgehead atoms. The van der Waals surface area contributed by atoms with Crippen LogP contribution in [0.5, 0.6) is 0 Å². The maximum absolute atomic E-state index is 13.6. The van der Waals surface area contributed by atoms with Crippen LogP contribution in [0.25, 0.3) is 0 Å². The molecule has 2 aromatic carbocycles. The molecule has 2 rings (SSSR count). The summed E-state index contributed by atoms with van der Waals surface area (Å²) in [4.78, 5) is 13.3. The molecule has 0 saturated heterocycles. The summed E-state index contributed by atoms with van der Waals surface area (Å²) in [6.45, 7) is 0.0710. The fourth-order valence-electron chi connectivity index (χ4n) is 1.88. The minimum Gasteiger partial charge on any atom is -0.323 e. The Bertz CT molecular complexity index is 740. The van der Waals surface area contributed by atoms with E-state index in [9.17, 15) is 13.6 Å². The van der Waals surface area contributed by atoms with Crippen molar-refractivity contribution in [1.82, 2.24) is 4.90 Å². The highest BCUT2D eigenvalue weighted by atomic mass is 19.1. The largest absolute Gasteiger partial charge is 0.323 e. The molecule has 0 fully saturated rings. The van der Waals surface area contributed by atoms with Crippen LogP contribution in [0.15, 0.2) is 42.5 Å². The number of hydrogen-bond donors (Lipinski definition) is 1. The molecule has 0 radical (unpaired) electrons. The molecule has 0 aromatic heterocycles. The quantitative estimate of drug-likeness (QED) is 0.943. The number of carbonyl (C=O) groups excluding carboxylic acids is 1. The molecule has 0 saturated carbocycles. The molecule has 0 aliphatic heterocycles. The smallest absolute Gasteiger partial charge is 0.321 e. The number of rotatable bonds is 3. The first-order valence-corrected chi connectivity index (χ1v) is 6.46. The molecule has 0 spiro atoms. The van der Waals surface area contributed by atoms with Crippen molar-refractivity contribution in [2.75, 3.05) is 12.4 Å². The Hall–Kier alpha value is -2.94. The van der Waals surface area contributed by atoms with Gasteiger partial charge in [0.05, 0.1) is 11.3 Å². The lowest BCUT2D eigenvalue weighted by atomic mass is 10.2. The summed E-state index contributed by atoms with van der Waals surface area (Å²) in [5.41, 5.74) is 0.599. The highest BCUT2D eigenvalue weighted by Gasteiger charge is 2.13. The van der Waals surface area contributed by atoms with Crippen LogP contribution >= 0.6 is 0 Å². The second kappa shape index (κ2) is 6.68. The van der Waals surface area contributed by atoms with Crippen molar-refractivity contribution in [1.29, 1.82) is 5.26 Å². The number of nitrogens with zero attached hydrogens (tertiary/aromatic N) is 2. The third-order valence-electron chi connectivity index (χ3n) is 3.06. The number of nitriles is 1. The fraction of sp³-hybridized carbons (Fsp3) is 0.125. The van der Waals surface area contributed by atoms with Crippen molar-refractivity contribution < 1.29 is 13.6 Å². The maximum atomic E-state index is 13.6. The van der Waals surface area contributed by atoms with Gasteiger partial charge in [-0.15, -0.1) is 0 Å². The van der Waals surface area contributed by atoms with E-state index >= 15 is 0 Å². The number of carbonyl (C=O) groups is 1. The van der Waals surface area contributed by atoms with E-state index in [0.29, 0.717) is 5.56 Å². The van der Waals surface area contributed by atoms with Crippen molar-refractivity contribution in [2.24, 2.45) is 0 Å². The van der Waals surface area contributed by atoms with Gasteiger partial charge in [0, 0.05) is 19.2 Å². The molecule has 2 aromatic rings. The number of halogens is 2. The van der Waals surface area contributed by atoms with Crippen molar-refractivity contribution in [3.05, 3.63) is 65.2 Å². The minimum absolute atomic E-state index is 0.0210. The van der Waals surface area contributed by atoms with E-state index in [2.05, 4.69) is 5.32 Å². The van der Waals surface area contributed by atoms with Gasteiger partial charge in [-0.1, -0.05) is 18.2 Å². The Morgan fingerprint density at radius 2 is 2.00 bits per heavy atom. The first kappa shape index (κ1) is 15.4. The van der Waals surface area contributed by atoms with E-state index in [4.69, 9.17) is 5.26 Å². The van der Waals surface area contributed by atoms with Gasteiger partial charge in [0.15, 0.2) is 0 Å². The topological polar surface area (TPSA) is 56.1 Å². The Morgan fingerprint density at radius 3 is 2.68 bits per heavy atom. The van der Waals surface area contributed by atoms with Crippen LogP contribution in [0.3, 0.4) is 0 Å². The average Bonchev–Trinajstić information content (AvgIpc) is 2.51. The van der Waals surface area contributed by atoms with Crippen LogP contribution < -0.4 is 5.32 Å². The maximum Gasteiger partial charge on any atom is 0.321 e. The molecule has 0 atom stereocenters. The fourth-order valence-corrected chi connectivity index (χ4v) is 1.88. The number of urea groups is 1. The lowest BCUT2D eigenvalue weighted by molar-refractivity contribution is 0.220. The predicted octanol–water partition coefficient (Wildman–Crippen LogP) is 3.50. The molecule has 0 unspecified atom stereocenters. The van der Waals surface area contributed by atoms with Gasteiger partial charge in [-0.05, 0) is 24.3 Å². The average molecular weight is 301 g/mol. The van der Waals surface area contributed by atoms with Crippen LogP contribution in [-0.4, -0.2) is 18.0 Å². The van der Waals surface area contributed by atoms with Gasteiger partial charge >= 0.3 is 6.03 Å². The zero-order valence-electron chi connectivity index (χ0n) is 11.8. The standard InChI is InChI=1S/C16H13F2N3O/c1-21(10-11-4-2-3-5-14(11)18)16(22)20-15-7-6-13(17)8-12(15)9-19/h2-8H,10H2,1H3,(H,20,22). The predicted molar refractivity (Wildman–Crippen MR) is 78.0 cm³/mol. The van der Waals surface area contributed by atoms with Gasteiger partial charge in [-0.3, -0.25) is 0 Å². The van der Waals surface area contributed by atoms with Gasteiger partial charge in [-0.2, -0.15) is 5.26 Å². The number of anilines is 1. The number of hydrogen-bond acceptors (Lipinski definition) is 2.